The summed E-state index contributed by atoms with van der Waals surface area (Å²) in [6.07, 6.45) is 10.1. The third kappa shape index (κ3) is 11.4. The van der Waals surface area contributed by atoms with Crippen molar-refractivity contribution >= 4 is 52.5 Å². The second kappa shape index (κ2) is 19.5. The molecule has 0 bridgehead atoms. The fourth-order valence-corrected chi connectivity index (χ4v) is 9.45. The van der Waals surface area contributed by atoms with Gasteiger partial charge in [0.05, 0.1) is 36.9 Å². The average molecular weight is 838 g/mol. The quantitative estimate of drug-likeness (QED) is 0.129. The number of carboxylic acid groups (broad SMARTS) is 1. The van der Waals surface area contributed by atoms with E-state index in [2.05, 4.69) is 10.2 Å². The first kappa shape index (κ1) is 43.0. The molecule has 7 rings (SSSR count). The maximum Gasteiger partial charge on any atom is 0.408 e. The average Bonchev–Trinajstić information content (AvgIpc) is 4.06. The zero-order chi connectivity index (χ0) is 41.6. The largest absolute Gasteiger partial charge is 0.491 e. The summed E-state index contributed by atoms with van der Waals surface area (Å²) < 4.78 is 24.0. The number of nitrogens with two attached hydrogens (primary N) is 1. The molecule has 3 heterocycles. The van der Waals surface area contributed by atoms with Crippen LogP contribution in [-0.2, 0) is 23.9 Å². The molecule has 0 spiro atoms. The molecule has 2 saturated heterocycles. The number of allylic oxidation sites excluding steroid dienone is 1. The van der Waals surface area contributed by atoms with E-state index in [1.807, 2.05) is 38.1 Å². The number of carboxylic acids is 1. The predicted molar refractivity (Wildman–Crippen MR) is 222 cm³/mol. The number of carbonyl (C=O) groups is 4. The lowest BCUT2D eigenvalue weighted by Gasteiger charge is -2.28. The Bertz CT molecular complexity index is 1870. The highest BCUT2D eigenvalue weighted by Crippen LogP contribution is 2.52. The lowest BCUT2D eigenvalue weighted by Crippen LogP contribution is -2.53. The first-order chi connectivity index (χ1) is 28.4. The number of aliphatic carboxylic acids is 1. The number of unbranched alkanes of at least 4 members (excludes halogenated alkanes) is 4. The van der Waals surface area contributed by atoms with E-state index < -0.39 is 42.1 Å². The van der Waals surface area contributed by atoms with Crippen molar-refractivity contribution < 1.29 is 43.2 Å². The van der Waals surface area contributed by atoms with Crippen LogP contribution in [-0.4, -0.2) is 114 Å². The Morgan fingerprint density at radius 2 is 1.75 bits per heavy atom. The van der Waals surface area contributed by atoms with Crippen molar-refractivity contribution in [2.45, 2.75) is 115 Å². The van der Waals surface area contributed by atoms with Gasteiger partial charge in [-0.15, -0.1) is 0 Å². The molecule has 3 amide bonds. The number of aromatic nitrogens is 1. The summed E-state index contributed by atoms with van der Waals surface area (Å²) in [5.41, 5.74) is 8.10. The van der Waals surface area contributed by atoms with Gasteiger partial charge in [-0.1, -0.05) is 49.3 Å². The minimum atomic E-state index is -0.938. The number of amides is 3. The van der Waals surface area contributed by atoms with Crippen molar-refractivity contribution in [3.05, 3.63) is 34.5 Å². The van der Waals surface area contributed by atoms with Gasteiger partial charge in [-0.2, -0.15) is 0 Å². The van der Waals surface area contributed by atoms with Crippen LogP contribution in [0.15, 0.2) is 23.8 Å². The van der Waals surface area contributed by atoms with E-state index in [-0.39, 0.29) is 25.0 Å². The van der Waals surface area contributed by atoms with Crippen molar-refractivity contribution in [2.75, 3.05) is 46.0 Å². The number of benzene rings is 1. The molecule has 2 aliphatic heterocycles. The number of hydrogen-bond acceptors (Lipinski definition) is 10. The zero-order valence-electron chi connectivity index (χ0n) is 34.4. The van der Waals surface area contributed by atoms with E-state index in [4.69, 9.17) is 41.3 Å². The molecule has 0 radical (unpaired) electrons. The summed E-state index contributed by atoms with van der Waals surface area (Å²) >= 11 is 6.96. The van der Waals surface area contributed by atoms with Crippen LogP contribution in [0, 0.1) is 23.7 Å². The minimum Gasteiger partial charge on any atom is -0.491 e. The molecule has 0 unspecified atom stereocenters. The summed E-state index contributed by atoms with van der Waals surface area (Å²) in [5.74, 6) is 0.635. The number of ether oxygens (including phenoxy) is 4. The van der Waals surface area contributed by atoms with Crippen LogP contribution in [0.4, 0.5) is 4.79 Å². The van der Waals surface area contributed by atoms with Crippen molar-refractivity contribution in [3.8, 4) is 11.5 Å². The van der Waals surface area contributed by atoms with E-state index in [0.717, 1.165) is 76.6 Å². The molecule has 5 aliphatic rings. The number of nitrogens with zero attached hydrogens (tertiary/aromatic N) is 3. The lowest BCUT2D eigenvalue weighted by molar-refractivity contribution is -0.139. The number of pyridine rings is 1. The maximum atomic E-state index is 14.4. The van der Waals surface area contributed by atoms with Gasteiger partial charge < -0.3 is 40.0 Å². The second-order valence-electron chi connectivity index (χ2n) is 17.5. The third-order valence-corrected chi connectivity index (χ3v) is 13.0. The van der Waals surface area contributed by atoms with E-state index in [1.54, 1.807) is 0 Å². The summed E-state index contributed by atoms with van der Waals surface area (Å²) in [6.45, 7) is 8.35. The first-order valence-corrected chi connectivity index (χ1v) is 22.0. The molecule has 59 heavy (non-hydrogen) atoms. The fraction of sp³-hybridized carbons (Fsp3) is 0.659. The Morgan fingerprint density at radius 1 is 1.00 bits per heavy atom. The van der Waals surface area contributed by atoms with Crippen LogP contribution in [0.5, 0.6) is 11.5 Å². The van der Waals surface area contributed by atoms with Crippen molar-refractivity contribution in [3.63, 3.8) is 0 Å². The fourth-order valence-electron chi connectivity index (χ4n) is 9.19. The molecule has 2 aromatic rings. The normalized spacial score (nSPS) is 26.5. The molecule has 4 N–H and O–H groups in total. The van der Waals surface area contributed by atoms with E-state index >= 15 is 0 Å². The van der Waals surface area contributed by atoms with Crippen molar-refractivity contribution in [1.29, 1.82) is 0 Å². The number of morpholine rings is 1. The Kier molecular flexibility index (Phi) is 14.2. The van der Waals surface area contributed by atoms with Crippen LogP contribution in [0.25, 0.3) is 17.0 Å². The Balaban J connectivity index is 1.02. The number of likely N-dealkylation sites (tertiary alicyclic amines) is 1. The van der Waals surface area contributed by atoms with Gasteiger partial charge in [0, 0.05) is 37.5 Å². The maximum absolute atomic E-state index is 14.4. The molecular weight excluding hydrogens is 778 g/mol. The van der Waals surface area contributed by atoms with Crippen LogP contribution >= 0.6 is 11.6 Å². The Hall–Kier alpha value is -4.14. The van der Waals surface area contributed by atoms with Crippen LogP contribution in [0.1, 0.15) is 96.6 Å². The highest BCUT2D eigenvalue weighted by atomic mass is 35.5. The van der Waals surface area contributed by atoms with Gasteiger partial charge in [-0.05, 0) is 88.3 Å². The van der Waals surface area contributed by atoms with Gasteiger partial charge >= 0.3 is 12.1 Å². The molecule has 15 heteroatoms. The number of fused-ring (bicyclic) bond motifs is 2. The standard InChI is InChI=1S/C44H60ClN5O9/c1-26(2)18-30-23-38(33-10-11-37(39(45)40(33)47-30)57-17-14-49-12-15-56-16-13-49)58-32-24-36(41(46)51)50(25-32)42(52)35(48-44(55)59-31-20-28-19-29(28)21-31)9-7-5-3-4-6-8-27-22-34(27)43(53)54/h10-11,18,23,27-29,31-32,34-36H,3-9,12-17,19-22,24-25H2,1-2H3,(H2,46,51)(H,48,55)(H,53,54)/t27-,28-,29+,31+,32-,34+,35+,36+/m1/s1. The molecule has 1 aromatic carbocycles. The molecule has 14 nitrogen and oxygen atoms in total. The summed E-state index contributed by atoms with van der Waals surface area (Å²) in [7, 11) is 0. The Morgan fingerprint density at radius 3 is 2.46 bits per heavy atom. The number of carbonyl (C=O) groups excluding carboxylic acids is 3. The second-order valence-corrected chi connectivity index (χ2v) is 17.8. The van der Waals surface area contributed by atoms with Gasteiger partial charge in [0.1, 0.15) is 47.4 Å². The number of primary amides is 1. The molecule has 322 valence electrons. The van der Waals surface area contributed by atoms with Gasteiger partial charge in [-0.3, -0.25) is 19.3 Å². The third-order valence-electron chi connectivity index (χ3n) is 12.6. The van der Waals surface area contributed by atoms with Crippen LogP contribution in [0.3, 0.4) is 0 Å². The molecule has 8 atom stereocenters. The summed E-state index contributed by atoms with van der Waals surface area (Å²) in [4.78, 5) is 60.2. The number of halogens is 1. The minimum absolute atomic E-state index is 0.0857. The van der Waals surface area contributed by atoms with Gasteiger partial charge in [0.25, 0.3) is 0 Å². The van der Waals surface area contributed by atoms with E-state index in [9.17, 15) is 24.3 Å². The highest BCUT2D eigenvalue weighted by Gasteiger charge is 2.48. The van der Waals surface area contributed by atoms with Crippen LogP contribution in [0.2, 0.25) is 5.02 Å². The highest BCUT2D eigenvalue weighted by molar-refractivity contribution is 6.36. The molecule has 3 saturated carbocycles. The Labute approximate surface area is 351 Å². The van der Waals surface area contributed by atoms with E-state index in [0.29, 0.717) is 83.5 Å². The molecule has 5 fully saturated rings. The summed E-state index contributed by atoms with van der Waals surface area (Å²) in [6, 6.07) is 3.65. The number of rotatable bonds is 20. The van der Waals surface area contributed by atoms with Crippen molar-refractivity contribution in [2.24, 2.45) is 29.4 Å². The number of alkyl carbamates (subject to hydrolysis) is 1. The SMILES string of the molecule is CC(C)=Cc1cc(O[C@@H]2C[C@@H](C(N)=O)N(C(=O)[C@H](CCCCCCC[C@@H]3C[C@@H]3C(=O)O)NC(=O)O[C@@H]3C[C@@H]4C[C@@H]4C3)C2)c2ccc(OCCN3CCOCC3)c(Cl)c2n1. The van der Waals surface area contributed by atoms with Crippen LogP contribution < -0.4 is 20.5 Å². The van der Waals surface area contributed by atoms with Gasteiger partial charge in [0.2, 0.25) is 11.8 Å². The lowest BCUT2D eigenvalue weighted by atomic mass is 10.0. The number of hydrogen-bond donors (Lipinski definition) is 3. The first-order valence-electron chi connectivity index (χ1n) is 21.6. The summed E-state index contributed by atoms with van der Waals surface area (Å²) in [5, 5.41) is 13.1. The molecular formula is C44H60ClN5O9. The van der Waals surface area contributed by atoms with Gasteiger partial charge in [0.15, 0.2) is 0 Å². The van der Waals surface area contributed by atoms with Gasteiger partial charge in [-0.25, -0.2) is 9.78 Å². The zero-order valence-corrected chi connectivity index (χ0v) is 35.1. The van der Waals surface area contributed by atoms with Crippen molar-refractivity contribution in [1.82, 2.24) is 20.1 Å². The molecule has 3 aliphatic carbocycles. The van der Waals surface area contributed by atoms with E-state index in [1.165, 1.54) is 11.3 Å². The molecule has 1 aromatic heterocycles. The predicted octanol–water partition coefficient (Wildman–Crippen LogP) is 6.20. The number of nitrogens with one attached hydrogen (secondary N) is 1. The monoisotopic (exact) mass is 837 g/mol. The topological polar surface area (TPSA) is 183 Å². The smallest absolute Gasteiger partial charge is 0.408 e.